The summed E-state index contributed by atoms with van der Waals surface area (Å²) in [5.41, 5.74) is 0.703. The molecule has 18 heavy (non-hydrogen) atoms. The molecule has 2 atom stereocenters. The van der Waals surface area contributed by atoms with Crippen molar-refractivity contribution >= 4 is 12.9 Å². The fraction of sp³-hybridized carbons (Fsp3) is 0.571. The van der Waals surface area contributed by atoms with Crippen molar-refractivity contribution in [1.82, 2.24) is 4.81 Å². The molecule has 0 aliphatic carbocycles. The third-order valence-corrected chi connectivity index (χ3v) is 3.44. The van der Waals surface area contributed by atoms with Crippen LogP contribution in [0.2, 0.25) is 0 Å². The van der Waals surface area contributed by atoms with Gasteiger partial charge in [0, 0.05) is 0 Å². The molecule has 99 valence electrons. The van der Waals surface area contributed by atoms with Crippen molar-refractivity contribution in [2.45, 2.75) is 52.6 Å². The monoisotopic (exact) mass is 252 g/mol. The van der Waals surface area contributed by atoms with Crippen LogP contribution in [0, 0.1) is 11.6 Å². The summed E-state index contributed by atoms with van der Waals surface area (Å²) in [7, 11) is 1.92. The van der Waals surface area contributed by atoms with Crippen molar-refractivity contribution in [3.8, 4) is 0 Å². The molecule has 0 aliphatic heterocycles. The largest absolute Gasteiger partial charge is 0.337 e. The Kier molecular flexibility index (Phi) is 5.80. The van der Waals surface area contributed by atoms with Crippen LogP contribution < -0.4 is 5.46 Å². The predicted octanol–water partition coefficient (Wildman–Crippen LogP) is 3.11. The third-order valence-electron chi connectivity index (χ3n) is 3.44. The van der Waals surface area contributed by atoms with Gasteiger partial charge in [-0.05, 0) is 37.1 Å². The molecule has 0 spiro atoms. The highest BCUT2D eigenvalue weighted by Gasteiger charge is 2.19. The zero-order valence-corrected chi connectivity index (χ0v) is 11.6. The first-order valence-corrected chi connectivity index (χ1v) is 6.56. The summed E-state index contributed by atoms with van der Waals surface area (Å²) in [6, 6.07) is 4.79. The van der Waals surface area contributed by atoms with Gasteiger partial charge in [0.15, 0.2) is 11.6 Å². The van der Waals surface area contributed by atoms with Gasteiger partial charge < -0.3 is 4.81 Å². The van der Waals surface area contributed by atoms with Crippen molar-refractivity contribution in [3.63, 3.8) is 0 Å². The molecule has 0 saturated carbocycles. The summed E-state index contributed by atoms with van der Waals surface area (Å²) in [6.07, 6.45) is 2.04. The summed E-state index contributed by atoms with van der Waals surface area (Å²) in [5, 5.41) is 0. The van der Waals surface area contributed by atoms with Crippen LogP contribution in [0.4, 0.5) is 8.78 Å². The molecule has 0 bridgehead atoms. The molecular formula is C14H21BF2N. The molecule has 1 radical (unpaired) electrons. The predicted molar refractivity (Wildman–Crippen MR) is 73.1 cm³/mol. The number of hydrogen-bond acceptors (Lipinski definition) is 1. The second-order valence-electron chi connectivity index (χ2n) is 4.76. The van der Waals surface area contributed by atoms with Crippen LogP contribution in [0.5, 0.6) is 0 Å². The Balaban J connectivity index is 2.85. The Bertz CT molecular complexity index is 374. The van der Waals surface area contributed by atoms with Crippen molar-refractivity contribution in [1.29, 1.82) is 0 Å². The van der Waals surface area contributed by atoms with E-state index in [0.717, 1.165) is 12.8 Å². The lowest BCUT2D eigenvalue weighted by molar-refractivity contribution is 0.271. The molecule has 1 rings (SSSR count). The fourth-order valence-electron chi connectivity index (χ4n) is 1.88. The molecule has 0 saturated heterocycles. The van der Waals surface area contributed by atoms with E-state index in [1.165, 1.54) is 12.1 Å². The van der Waals surface area contributed by atoms with Gasteiger partial charge in [0.05, 0.1) is 0 Å². The maximum Gasteiger partial charge on any atom is 0.248 e. The summed E-state index contributed by atoms with van der Waals surface area (Å²) in [5.74, 6) is -1.59. The van der Waals surface area contributed by atoms with Crippen LogP contribution in [-0.4, -0.2) is 24.3 Å². The lowest BCUT2D eigenvalue weighted by Crippen LogP contribution is -2.47. The number of rotatable bonds is 6. The van der Waals surface area contributed by atoms with Crippen LogP contribution in [-0.2, 0) is 0 Å². The van der Waals surface area contributed by atoms with Crippen molar-refractivity contribution < 1.29 is 8.78 Å². The lowest BCUT2D eigenvalue weighted by Gasteiger charge is -2.33. The first kappa shape index (κ1) is 15.2. The quantitative estimate of drug-likeness (QED) is 0.703. The second kappa shape index (κ2) is 6.88. The van der Waals surface area contributed by atoms with Crippen molar-refractivity contribution in [3.05, 3.63) is 29.8 Å². The molecule has 1 aromatic carbocycles. The van der Waals surface area contributed by atoms with Gasteiger partial charge in [0.2, 0.25) is 7.41 Å². The second-order valence-corrected chi connectivity index (χ2v) is 4.76. The van der Waals surface area contributed by atoms with Gasteiger partial charge in [-0.2, -0.15) is 0 Å². The van der Waals surface area contributed by atoms with Crippen molar-refractivity contribution in [2.75, 3.05) is 0 Å². The smallest absolute Gasteiger partial charge is 0.248 e. The van der Waals surface area contributed by atoms with E-state index in [9.17, 15) is 8.78 Å². The highest BCUT2D eigenvalue weighted by atomic mass is 19.2. The van der Waals surface area contributed by atoms with Gasteiger partial charge in [-0.25, -0.2) is 8.78 Å². The maximum absolute atomic E-state index is 13.2. The molecule has 0 N–H and O–H groups in total. The van der Waals surface area contributed by atoms with Crippen LogP contribution in [0.3, 0.4) is 0 Å². The van der Waals surface area contributed by atoms with E-state index >= 15 is 0 Å². The number of hydrogen-bond donors (Lipinski definition) is 0. The minimum absolute atomic E-state index is 0.382. The minimum atomic E-state index is -0.800. The molecule has 0 aromatic heterocycles. The Hall–Kier alpha value is -0.895. The number of halogens is 2. The first-order valence-electron chi connectivity index (χ1n) is 6.56. The van der Waals surface area contributed by atoms with Crippen LogP contribution in [0.25, 0.3) is 0 Å². The summed E-state index contributed by atoms with van der Waals surface area (Å²) in [4.78, 5) is 2.21. The standard InChI is InChI=1S/C14H21BF2N/c1-5-10(3)18(11(4)6-2)15-12-7-8-13(16)14(17)9-12/h7-11H,5-6H2,1-4H3. The van der Waals surface area contributed by atoms with E-state index < -0.39 is 11.6 Å². The molecule has 0 fully saturated rings. The van der Waals surface area contributed by atoms with Gasteiger partial charge in [-0.3, -0.25) is 0 Å². The Morgan fingerprint density at radius 2 is 1.61 bits per heavy atom. The Labute approximate surface area is 109 Å². The van der Waals surface area contributed by atoms with E-state index in [4.69, 9.17) is 0 Å². The Morgan fingerprint density at radius 1 is 1.06 bits per heavy atom. The molecule has 1 aromatic rings. The SMILES string of the molecule is CCC(C)N([B]c1ccc(F)c(F)c1)C(C)CC. The van der Waals surface area contributed by atoms with E-state index in [1.807, 2.05) is 7.41 Å². The highest BCUT2D eigenvalue weighted by Crippen LogP contribution is 2.10. The van der Waals surface area contributed by atoms with Gasteiger partial charge >= 0.3 is 0 Å². The van der Waals surface area contributed by atoms with Gasteiger partial charge in [-0.15, -0.1) is 0 Å². The molecule has 1 nitrogen and oxygen atoms in total. The van der Waals surface area contributed by atoms with Gasteiger partial charge in [0.25, 0.3) is 0 Å². The molecule has 0 heterocycles. The average molecular weight is 252 g/mol. The van der Waals surface area contributed by atoms with Gasteiger partial charge in [-0.1, -0.05) is 39.2 Å². The topological polar surface area (TPSA) is 3.24 Å². The highest BCUT2D eigenvalue weighted by molar-refractivity contribution is 6.50. The minimum Gasteiger partial charge on any atom is -0.337 e. The molecule has 0 amide bonds. The van der Waals surface area contributed by atoms with E-state index in [1.54, 1.807) is 6.07 Å². The average Bonchev–Trinajstić information content (AvgIpc) is 2.38. The zero-order chi connectivity index (χ0) is 13.7. The summed E-state index contributed by atoms with van der Waals surface area (Å²) in [6.45, 7) is 8.53. The summed E-state index contributed by atoms with van der Waals surface area (Å²) >= 11 is 0. The zero-order valence-electron chi connectivity index (χ0n) is 11.6. The Morgan fingerprint density at radius 3 is 2.06 bits per heavy atom. The third kappa shape index (κ3) is 3.80. The first-order chi connectivity index (χ1) is 8.49. The molecule has 2 unspecified atom stereocenters. The summed E-state index contributed by atoms with van der Waals surface area (Å²) < 4.78 is 26.1. The molecular weight excluding hydrogens is 231 g/mol. The number of nitrogens with zero attached hydrogens (tertiary/aromatic N) is 1. The molecule has 0 aliphatic rings. The van der Waals surface area contributed by atoms with Crippen molar-refractivity contribution in [2.24, 2.45) is 0 Å². The van der Waals surface area contributed by atoms with Crippen LogP contribution in [0.15, 0.2) is 18.2 Å². The van der Waals surface area contributed by atoms with E-state index in [0.29, 0.717) is 17.5 Å². The van der Waals surface area contributed by atoms with E-state index in [-0.39, 0.29) is 0 Å². The molecule has 4 heteroatoms. The normalized spacial score (nSPS) is 14.6. The van der Waals surface area contributed by atoms with Crippen LogP contribution in [0.1, 0.15) is 40.5 Å². The fourth-order valence-corrected chi connectivity index (χ4v) is 1.88. The van der Waals surface area contributed by atoms with Crippen LogP contribution >= 0.6 is 0 Å². The number of benzene rings is 1. The lowest BCUT2D eigenvalue weighted by atomic mass is 9.77. The van der Waals surface area contributed by atoms with Gasteiger partial charge in [0.1, 0.15) is 0 Å². The van der Waals surface area contributed by atoms with E-state index in [2.05, 4.69) is 32.5 Å². The maximum atomic E-state index is 13.2.